The topological polar surface area (TPSA) is 91.9 Å². The zero-order valence-corrected chi connectivity index (χ0v) is 19.9. The average molecular weight is 488 g/mol. The van der Waals surface area contributed by atoms with Gasteiger partial charge in [0.1, 0.15) is 11.2 Å². The van der Waals surface area contributed by atoms with Gasteiger partial charge in [0.15, 0.2) is 5.65 Å². The van der Waals surface area contributed by atoms with Gasteiger partial charge in [-0.05, 0) is 66.2 Å². The van der Waals surface area contributed by atoms with E-state index in [1.165, 1.54) is 7.11 Å². The normalized spacial score (nSPS) is 11.2. The molecule has 8 heteroatoms. The molecule has 0 unspecified atom stereocenters. The highest BCUT2D eigenvalue weighted by atomic mass is 16.5. The summed E-state index contributed by atoms with van der Waals surface area (Å²) in [6.07, 6.45) is 7.39. The van der Waals surface area contributed by atoms with Gasteiger partial charge in [-0.1, -0.05) is 12.1 Å². The van der Waals surface area contributed by atoms with E-state index in [1.54, 1.807) is 35.3 Å². The first kappa shape index (κ1) is 22.4. The Labute approximate surface area is 211 Å². The smallest absolute Gasteiger partial charge is 0.337 e. The predicted molar refractivity (Wildman–Crippen MR) is 140 cm³/mol. The van der Waals surface area contributed by atoms with E-state index in [0.717, 1.165) is 22.2 Å². The van der Waals surface area contributed by atoms with Crippen LogP contribution < -0.4 is 5.56 Å². The van der Waals surface area contributed by atoms with Gasteiger partial charge in [0.2, 0.25) is 0 Å². The number of esters is 1. The van der Waals surface area contributed by atoms with Gasteiger partial charge in [-0.25, -0.2) is 14.8 Å². The third kappa shape index (κ3) is 4.04. The minimum atomic E-state index is -0.379. The van der Waals surface area contributed by atoms with Gasteiger partial charge in [-0.3, -0.25) is 14.3 Å². The minimum Gasteiger partial charge on any atom is -0.465 e. The van der Waals surface area contributed by atoms with Crippen molar-refractivity contribution in [3.05, 3.63) is 125 Å². The van der Waals surface area contributed by atoms with Crippen LogP contribution >= 0.6 is 0 Å². The van der Waals surface area contributed by atoms with E-state index in [4.69, 9.17) is 4.74 Å². The Bertz CT molecular complexity index is 1840. The van der Waals surface area contributed by atoms with Gasteiger partial charge in [-0.2, -0.15) is 0 Å². The molecule has 0 bridgehead atoms. The van der Waals surface area contributed by atoms with Crippen LogP contribution in [-0.4, -0.2) is 37.2 Å². The van der Waals surface area contributed by atoms with E-state index in [1.807, 2.05) is 71.4 Å². The molecule has 0 amide bonds. The predicted octanol–water partition coefficient (Wildman–Crippen LogP) is 4.50. The van der Waals surface area contributed by atoms with Gasteiger partial charge < -0.3 is 9.30 Å². The van der Waals surface area contributed by atoms with Crippen LogP contribution in [0.15, 0.2) is 102 Å². The van der Waals surface area contributed by atoms with E-state index >= 15 is 0 Å². The van der Waals surface area contributed by atoms with Crippen molar-refractivity contribution >= 4 is 28.0 Å². The van der Waals surface area contributed by atoms with Crippen LogP contribution in [0.4, 0.5) is 0 Å². The van der Waals surface area contributed by atoms with Gasteiger partial charge >= 0.3 is 5.97 Å². The molecule has 37 heavy (non-hydrogen) atoms. The van der Waals surface area contributed by atoms with Crippen molar-refractivity contribution in [2.24, 2.45) is 0 Å². The number of carbonyl (C=O) groups is 1. The number of hydrogen-bond donors (Lipinski definition) is 0. The lowest BCUT2D eigenvalue weighted by Gasteiger charge is -2.13. The first-order valence-electron chi connectivity index (χ1n) is 11.7. The molecular formula is C29H21N5O3. The van der Waals surface area contributed by atoms with Gasteiger partial charge in [-0.15, -0.1) is 0 Å². The number of ether oxygens (including phenoxy) is 1. The largest absolute Gasteiger partial charge is 0.465 e. The lowest BCUT2D eigenvalue weighted by Crippen LogP contribution is -2.25. The van der Waals surface area contributed by atoms with Gasteiger partial charge in [0.25, 0.3) is 5.56 Å². The summed E-state index contributed by atoms with van der Waals surface area (Å²) in [5, 5.41) is 0.903. The monoisotopic (exact) mass is 487 g/mol. The SMILES string of the molecule is COC(=O)c1ccc2c(ccn2-c2cccc(-n3c(=O)c(Cc4cccnc4)nc4cccnc43)c2)c1. The van der Waals surface area contributed by atoms with E-state index in [9.17, 15) is 9.59 Å². The Morgan fingerprint density at radius 3 is 2.65 bits per heavy atom. The van der Waals surface area contributed by atoms with Crippen molar-refractivity contribution in [3.63, 3.8) is 0 Å². The number of methoxy groups -OCH3 is 1. The fourth-order valence-corrected chi connectivity index (χ4v) is 4.51. The van der Waals surface area contributed by atoms with Crippen molar-refractivity contribution in [2.45, 2.75) is 6.42 Å². The molecule has 0 aliphatic carbocycles. The number of nitrogens with zero attached hydrogens (tertiary/aromatic N) is 5. The summed E-state index contributed by atoms with van der Waals surface area (Å²) in [5.41, 5.74) is 5.16. The van der Waals surface area contributed by atoms with Crippen molar-refractivity contribution in [1.82, 2.24) is 24.1 Å². The second-order valence-corrected chi connectivity index (χ2v) is 8.55. The molecule has 8 nitrogen and oxygen atoms in total. The Morgan fingerprint density at radius 2 is 1.81 bits per heavy atom. The molecule has 0 saturated carbocycles. The van der Waals surface area contributed by atoms with E-state index < -0.39 is 0 Å². The maximum atomic E-state index is 13.7. The zero-order valence-electron chi connectivity index (χ0n) is 19.9. The number of hydrogen-bond acceptors (Lipinski definition) is 6. The second-order valence-electron chi connectivity index (χ2n) is 8.55. The number of pyridine rings is 2. The highest BCUT2D eigenvalue weighted by Crippen LogP contribution is 2.24. The number of fused-ring (bicyclic) bond motifs is 2. The summed E-state index contributed by atoms with van der Waals surface area (Å²) in [7, 11) is 1.37. The molecule has 0 aliphatic heterocycles. The molecule has 0 aliphatic rings. The molecule has 0 spiro atoms. The summed E-state index contributed by atoms with van der Waals surface area (Å²) < 4.78 is 8.46. The van der Waals surface area contributed by atoms with E-state index in [2.05, 4.69) is 15.0 Å². The summed E-state index contributed by atoms with van der Waals surface area (Å²) >= 11 is 0. The van der Waals surface area contributed by atoms with Crippen LogP contribution in [0.25, 0.3) is 33.4 Å². The van der Waals surface area contributed by atoms with Crippen LogP contribution in [0, 0.1) is 0 Å². The number of rotatable bonds is 5. The third-order valence-electron chi connectivity index (χ3n) is 6.26. The summed E-state index contributed by atoms with van der Waals surface area (Å²) in [6.45, 7) is 0. The first-order valence-corrected chi connectivity index (χ1v) is 11.7. The first-order chi connectivity index (χ1) is 18.1. The second kappa shape index (κ2) is 9.16. The molecule has 4 aromatic heterocycles. The van der Waals surface area contributed by atoms with Crippen molar-refractivity contribution in [1.29, 1.82) is 0 Å². The number of aromatic nitrogens is 5. The minimum absolute atomic E-state index is 0.229. The molecule has 0 fully saturated rings. The fraction of sp³-hybridized carbons (Fsp3) is 0.0690. The molecule has 0 radical (unpaired) electrons. The zero-order chi connectivity index (χ0) is 25.4. The lowest BCUT2D eigenvalue weighted by atomic mass is 10.1. The molecular weight excluding hydrogens is 466 g/mol. The number of benzene rings is 2. The highest BCUT2D eigenvalue weighted by Gasteiger charge is 2.15. The van der Waals surface area contributed by atoms with Crippen LogP contribution in [0.2, 0.25) is 0 Å². The van der Waals surface area contributed by atoms with E-state index in [-0.39, 0.29) is 11.5 Å². The summed E-state index contributed by atoms with van der Waals surface area (Å²) in [6, 6.07) is 22.5. The standard InChI is InChI=1S/C29H21N5O3/c1-37-29(36)21-9-10-26-20(16-21)11-14-33(26)22-6-2-7-23(17-22)34-27-24(8-4-13-31-27)32-25(28(34)35)15-19-5-3-12-30-18-19/h2-14,16-18H,15H2,1H3. The van der Waals surface area contributed by atoms with Crippen LogP contribution in [-0.2, 0) is 11.2 Å². The van der Waals surface area contributed by atoms with Crippen LogP contribution in [0.3, 0.4) is 0 Å². The van der Waals surface area contributed by atoms with Crippen LogP contribution in [0.1, 0.15) is 21.6 Å². The van der Waals surface area contributed by atoms with Gasteiger partial charge in [0.05, 0.1) is 23.9 Å². The fourth-order valence-electron chi connectivity index (χ4n) is 4.51. The van der Waals surface area contributed by atoms with Crippen molar-refractivity contribution in [2.75, 3.05) is 7.11 Å². The summed E-state index contributed by atoms with van der Waals surface area (Å²) in [4.78, 5) is 38.9. The highest BCUT2D eigenvalue weighted by molar-refractivity contribution is 5.95. The number of carbonyl (C=O) groups excluding carboxylic acids is 1. The third-order valence-corrected chi connectivity index (χ3v) is 6.26. The van der Waals surface area contributed by atoms with Gasteiger partial charge in [0, 0.05) is 42.3 Å². The quantitative estimate of drug-likeness (QED) is 0.333. The maximum Gasteiger partial charge on any atom is 0.337 e. The molecule has 0 N–H and O–H groups in total. The molecule has 6 aromatic rings. The molecule has 0 atom stereocenters. The lowest BCUT2D eigenvalue weighted by molar-refractivity contribution is 0.0601. The Kier molecular flexibility index (Phi) is 5.54. The Morgan fingerprint density at radius 1 is 0.946 bits per heavy atom. The van der Waals surface area contributed by atoms with Crippen molar-refractivity contribution < 1.29 is 9.53 Å². The van der Waals surface area contributed by atoms with Crippen molar-refractivity contribution in [3.8, 4) is 11.4 Å². The maximum absolute atomic E-state index is 13.7. The molecule has 0 saturated heterocycles. The Hall–Kier alpha value is -5.11. The molecule has 180 valence electrons. The van der Waals surface area contributed by atoms with Crippen LogP contribution in [0.5, 0.6) is 0 Å². The Balaban J connectivity index is 1.49. The average Bonchev–Trinajstić information content (AvgIpc) is 3.37. The molecule has 4 heterocycles. The molecule has 2 aromatic carbocycles. The van der Waals surface area contributed by atoms with E-state index in [0.29, 0.717) is 34.5 Å². The molecule has 6 rings (SSSR count). The summed E-state index contributed by atoms with van der Waals surface area (Å²) in [5.74, 6) is -0.379.